The molecule has 2 heterocycles. The lowest BCUT2D eigenvalue weighted by Crippen LogP contribution is -2.49. The average molecular weight is 429 g/mol. The Hall–Kier alpha value is -2.74. The molecule has 166 valence electrons. The molecule has 1 aliphatic heterocycles. The Morgan fingerprint density at radius 3 is 2.39 bits per heavy atom. The number of benzene rings is 1. The van der Waals surface area contributed by atoms with Crippen LogP contribution in [-0.4, -0.2) is 66.0 Å². The summed E-state index contributed by atoms with van der Waals surface area (Å²) in [6, 6.07) is 6.22. The van der Waals surface area contributed by atoms with Gasteiger partial charge in [0.2, 0.25) is 5.91 Å². The van der Waals surface area contributed by atoms with Crippen LogP contribution in [0.1, 0.15) is 46.1 Å². The maximum absolute atomic E-state index is 13.5. The standard InChI is InChI=1S/C23H29FN4O3/c1-14-21(15(2)31-26-14)22(29)25-18-12-19(16-4-6-17(24)7-5-16)20(13-18)23(30)28-10-8-27(3)9-11-28/h4-7,18-20H,8-13H2,1-3H3,(H,25,29)/t18-,19+,20-/m0/s1. The Bertz CT molecular complexity index is 931. The Labute approximate surface area is 181 Å². The smallest absolute Gasteiger partial charge is 0.257 e. The molecular formula is C23H29FN4O3. The van der Waals surface area contributed by atoms with E-state index in [0.717, 1.165) is 18.7 Å². The van der Waals surface area contributed by atoms with Crippen molar-refractivity contribution in [1.82, 2.24) is 20.3 Å². The summed E-state index contributed by atoms with van der Waals surface area (Å²) in [5, 5.41) is 6.93. The van der Waals surface area contributed by atoms with Gasteiger partial charge in [0.15, 0.2) is 0 Å². The van der Waals surface area contributed by atoms with E-state index < -0.39 is 0 Å². The molecule has 2 aliphatic rings. The van der Waals surface area contributed by atoms with Gasteiger partial charge in [0.25, 0.3) is 5.91 Å². The number of nitrogens with one attached hydrogen (secondary N) is 1. The molecule has 0 unspecified atom stereocenters. The molecule has 2 aromatic rings. The predicted octanol–water partition coefficient (Wildman–Crippen LogP) is 2.50. The highest BCUT2D eigenvalue weighted by atomic mass is 19.1. The van der Waals surface area contributed by atoms with E-state index in [1.54, 1.807) is 26.0 Å². The number of likely N-dealkylation sites (N-methyl/N-ethyl adjacent to an activating group) is 1. The molecule has 8 heteroatoms. The molecule has 1 aromatic heterocycles. The van der Waals surface area contributed by atoms with Gasteiger partial charge in [-0.15, -0.1) is 0 Å². The number of rotatable bonds is 4. The van der Waals surface area contributed by atoms with Gasteiger partial charge in [-0.05, 0) is 57.4 Å². The van der Waals surface area contributed by atoms with Gasteiger partial charge in [-0.3, -0.25) is 9.59 Å². The molecule has 31 heavy (non-hydrogen) atoms. The van der Waals surface area contributed by atoms with E-state index in [1.807, 2.05) is 4.90 Å². The van der Waals surface area contributed by atoms with E-state index in [0.29, 0.717) is 42.9 Å². The van der Waals surface area contributed by atoms with Gasteiger partial charge in [0, 0.05) is 38.1 Å². The first-order valence-electron chi connectivity index (χ1n) is 10.8. The van der Waals surface area contributed by atoms with Crippen molar-refractivity contribution < 1.29 is 18.5 Å². The van der Waals surface area contributed by atoms with Crippen molar-refractivity contribution in [3.8, 4) is 0 Å². The fraction of sp³-hybridized carbons (Fsp3) is 0.522. The largest absolute Gasteiger partial charge is 0.361 e. The van der Waals surface area contributed by atoms with Crippen LogP contribution in [0.25, 0.3) is 0 Å². The Morgan fingerprint density at radius 2 is 1.77 bits per heavy atom. The number of carbonyl (C=O) groups is 2. The number of aryl methyl sites for hydroxylation is 2. The first-order valence-corrected chi connectivity index (χ1v) is 10.8. The molecule has 1 aliphatic carbocycles. The van der Waals surface area contributed by atoms with Gasteiger partial charge < -0.3 is 19.6 Å². The normalized spacial score (nSPS) is 24.4. The number of halogens is 1. The quantitative estimate of drug-likeness (QED) is 0.810. The van der Waals surface area contributed by atoms with Gasteiger partial charge in [-0.1, -0.05) is 17.3 Å². The summed E-state index contributed by atoms with van der Waals surface area (Å²) in [7, 11) is 2.05. The lowest BCUT2D eigenvalue weighted by Gasteiger charge is -2.35. The topological polar surface area (TPSA) is 78.7 Å². The lowest BCUT2D eigenvalue weighted by molar-refractivity contribution is -0.137. The number of hydrogen-bond donors (Lipinski definition) is 1. The zero-order chi connectivity index (χ0) is 22.1. The average Bonchev–Trinajstić information content (AvgIpc) is 3.31. The van der Waals surface area contributed by atoms with Crippen LogP contribution in [0, 0.1) is 25.6 Å². The second-order valence-corrected chi connectivity index (χ2v) is 8.73. The van der Waals surface area contributed by atoms with Gasteiger partial charge in [-0.2, -0.15) is 0 Å². The summed E-state index contributed by atoms with van der Waals surface area (Å²) in [5.41, 5.74) is 1.93. The summed E-state index contributed by atoms with van der Waals surface area (Å²) in [4.78, 5) is 30.4. The minimum atomic E-state index is -0.299. The van der Waals surface area contributed by atoms with E-state index in [1.165, 1.54) is 12.1 Å². The number of hydrogen-bond acceptors (Lipinski definition) is 5. The van der Waals surface area contributed by atoms with E-state index in [4.69, 9.17) is 4.52 Å². The van der Waals surface area contributed by atoms with Crippen LogP contribution in [-0.2, 0) is 4.79 Å². The van der Waals surface area contributed by atoms with E-state index in [-0.39, 0.29) is 35.5 Å². The van der Waals surface area contributed by atoms with E-state index in [9.17, 15) is 14.0 Å². The zero-order valence-corrected chi connectivity index (χ0v) is 18.2. The highest BCUT2D eigenvalue weighted by Gasteiger charge is 2.42. The second kappa shape index (κ2) is 8.78. The fourth-order valence-electron chi connectivity index (χ4n) is 4.83. The monoisotopic (exact) mass is 428 g/mol. The minimum absolute atomic E-state index is 0.0669. The van der Waals surface area contributed by atoms with Crippen molar-refractivity contribution in [3.05, 3.63) is 52.7 Å². The van der Waals surface area contributed by atoms with Crippen molar-refractivity contribution in [1.29, 1.82) is 0 Å². The van der Waals surface area contributed by atoms with Crippen LogP contribution in [0.4, 0.5) is 4.39 Å². The molecular weight excluding hydrogens is 399 g/mol. The Balaban J connectivity index is 1.53. The number of aromatic nitrogens is 1. The maximum Gasteiger partial charge on any atom is 0.257 e. The third-order valence-corrected chi connectivity index (χ3v) is 6.59. The zero-order valence-electron chi connectivity index (χ0n) is 18.2. The molecule has 0 radical (unpaired) electrons. The minimum Gasteiger partial charge on any atom is -0.361 e. The van der Waals surface area contributed by atoms with Crippen LogP contribution in [0.2, 0.25) is 0 Å². The van der Waals surface area contributed by atoms with Crippen molar-refractivity contribution in [2.24, 2.45) is 5.92 Å². The number of nitrogens with zero attached hydrogens (tertiary/aromatic N) is 3. The summed E-state index contributed by atoms with van der Waals surface area (Å²) in [5.74, 6) is -0.241. The van der Waals surface area contributed by atoms with Gasteiger partial charge in [0.05, 0.1) is 5.69 Å². The van der Waals surface area contributed by atoms with E-state index >= 15 is 0 Å². The molecule has 0 bridgehead atoms. The molecule has 1 saturated carbocycles. The molecule has 1 saturated heterocycles. The summed E-state index contributed by atoms with van der Waals surface area (Å²) in [6.45, 7) is 6.57. The molecule has 0 spiro atoms. The van der Waals surface area contributed by atoms with Crippen LogP contribution >= 0.6 is 0 Å². The predicted molar refractivity (Wildman–Crippen MR) is 113 cm³/mol. The first kappa shape index (κ1) is 21.5. The lowest BCUT2D eigenvalue weighted by atomic mass is 9.87. The molecule has 2 amide bonds. The van der Waals surface area contributed by atoms with Crippen molar-refractivity contribution in [2.45, 2.75) is 38.6 Å². The third-order valence-electron chi connectivity index (χ3n) is 6.59. The van der Waals surface area contributed by atoms with Crippen molar-refractivity contribution >= 4 is 11.8 Å². The van der Waals surface area contributed by atoms with Gasteiger partial charge >= 0.3 is 0 Å². The summed E-state index contributed by atoms with van der Waals surface area (Å²) < 4.78 is 18.6. The van der Waals surface area contributed by atoms with Gasteiger partial charge in [0.1, 0.15) is 17.1 Å². The molecule has 1 N–H and O–H groups in total. The van der Waals surface area contributed by atoms with Crippen LogP contribution in [0.5, 0.6) is 0 Å². The Kier molecular flexibility index (Phi) is 6.09. The number of amides is 2. The maximum atomic E-state index is 13.5. The highest BCUT2D eigenvalue weighted by Crippen LogP contribution is 2.41. The van der Waals surface area contributed by atoms with Crippen LogP contribution < -0.4 is 5.32 Å². The van der Waals surface area contributed by atoms with E-state index in [2.05, 4.69) is 22.4 Å². The first-order chi connectivity index (χ1) is 14.8. The van der Waals surface area contributed by atoms with Crippen LogP contribution in [0.15, 0.2) is 28.8 Å². The van der Waals surface area contributed by atoms with Crippen LogP contribution in [0.3, 0.4) is 0 Å². The molecule has 3 atom stereocenters. The fourth-order valence-corrected chi connectivity index (χ4v) is 4.83. The molecule has 7 nitrogen and oxygen atoms in total. The second-order valence-electron chi connectivity index (χ2n) is 8.73. The molecule has 4 rings (SSSR count). The third kappa shape index (κ3) is 4.49. The highest BCUT2D eigenvalue weighted by molar-refractivity contribution is 5.96. The summed E-state index contributed by atoms with van der Waals surface area (Å²) >= 11 is 0. The Morgan fingerprint density at radius 1 is 1.10 bits per heavy atom. The van der Waals surface area contributed by atoms with Crippen molar-refractivity contribution in [3.63, 3.8) is 0 Å². The van der Waals surface area contributed by atoms with Gasteiger partial charge in [-0.25, -0.2) is 4.39 Å². The molecule has 2 fully saturated rings. The van der Waals surface area contributed by atoms with Crippen molar-refractivity contribution in [2.75, 3.05) is 33.2 Å². The molecule has 1 aromatic carbocycles. The SMILES string of the molecule is Cc1noc(C)c1C(=O)N[C@@H]1C[C@H](C(=O)N2CCN(C)CC2)[C@@H](c2ccc(F)cc2)C1. The number of carbonyl (C=O) groups excluding carboxylic acids is 2. The summed E-state index contributed by atoms with van der Waals surface area (Å²) in [6.07, 6.45) is 1.19. The number of piperazine rings is 1.